The number of hydrogen-bond donors (Lipinski definition) is 2. The van der Waals surface area contributed by atoms with Gasteiger partial charge in [-0.2, -0.15) is 26.3 Å². The van der Waals surface area contributed by atoms with Gasteiger partial charge in [0.2, 0.25) is 0 Å². The van der Waals surface area contributed by atoms with Crippen molar-refractivity contribution in [3.63, 3.8) is 0 Å². The summed E-state index contributed by atoms with van der Waals surface area (Å²) in [5.74, 6) is -3.47. The molecule has 0 unspecified atom stereocenters. The molecule has 1 aliphatic carbocycles. The van der Waals surface area contributed by atoms with Crippen LogP contribution in [0.2, 0.25) is 0 Å². The first-order valence-corrected chi connectivity index (χ1v) is 11.5. The van der Waals surface area contributed by atoms with Gasteiger partial charge in [0.15, 0.2) is 0 Å². The van der Waals surface area contributed by atoms with E-state index in [0.717, 1.165) is 23.9 Å². The number of likely N-dealkylation sites (tertiary alicyclic amines) is 1. The van der Waals surface area contributed by atoms with E-state index in [1.54, 1.807) is 0 Å². The molecule has 2 aliphatic rings. The van der Waals surface area contributed by atoms with Gasteiger partial charge in [-0.3, -0.25) is 0 Å². The number of alkyl halides is 6. The molecule has 13 heteroatoms. The molecular weight excluding hydrogens is 496 g/mol. The van der Waals surface area contributed by atoms with E-state index < -0.39 is 24.3 Å². The van der Waals surface area contributed by atoms with E-state index in [1.165, 1.54) is 63.7 Å². The van der Waals surface area contributed by atoms with Crippen LogP contribution in [0, 0.1) is 11.8 Å². The number of hydrogen-bond acceptors (Lipinski definition) is 4. The lowest BCUT2D eigenvalue weighted by molar-refractivity contribution is -0.193. The SMILES string of the molecule is O=C(O)C(F)(F)F.O=C(O)C(F)(F)F.c1ccc2c(c1)ncn2CCCN1CC[C@@H]2CCCC[C@@H]2C1. The normalized spacial score (nSPS) is 20.4. The monoisotopic (exact) mass is 525 g/mol. The Labute approximate surface area is 203 Å². The third-order valence-electron chi connectivity index (χ3n) is 6.26. The maximum atomic E-state index is 10.6. The standard InChI is InChI=1S/C19H27N3.2C2HF3O2/c1-2-7-17-14-21(13-10-16(17)6-1)11-5-12-22-15-20-18-8-3-4-9-19(18)22;2*3-2(4,5)1(6)7/h3-4,8-9,15-17H,1-2,5-7,10-14H2;2*(H,6,7)/t16-,17+;;/m0../s1. The molecule has 1 saturated carbocycles. The zero-order valence-electron chi connectivity index (χ0n) is 19.4. The Morgan fingerprint density at radius 3 is 2.03 bits per heavy atom. The van der Waals surface area contributed by atoms with Crippen molar-refractivity contribution in [1.29, 1.82) is 0 Å². The minimum Gasteiger partial charge on any atom is -0.475 e. The molecule has 0 spiro atoms. The lowest BCUT2D eigenvalue weighted by Crippen LogP contribution is -2.42. The van der Waals surface area contributed by atoms with Gasteiger partial charge in [-0.05, 0) is 56.3 Å². The van der Waals surface area contributed by atoms with Gasteiger partial charge in [-0.25, -0.2) is 14.6 Å². The molecule has 1 aromatic carbocycles. The fourth-order valence-corrected chi connectivity index (χ4v) is 4.53. The van der Waals surface area contributed by atoms with Crippen LogP contribution < -0.4 is 0 Å². The van der Waals surface area contributed by atoms with E-state index in [4.69, 9.17) is 19.8 Å². The van der Waals surface area contributed by atoms with Crippen LogP contribution in [0.15, 0.2) is 30.6 Å². The first kappa shape index (κ1) is 29.4. The molecule has 1 aromatic heterocycles. The highest BCUT2D eigenvalue weighted by atomic mass is 19.4. The average Bonchev–Trinajstić information content (AvgIpc) is 3.22. The number of aryl methyl sites for hydroxylation is 1. The molecule has 0 radical (unpaired) electrons. The number of imidazole rings is 1. The molecule has 2 aromatic rings. The fourth-order valence-electron chi connectivity index (χ4n) is 4.53. The topological polar surface area (TPSA) is 95.7 Å². The van der Waals surface area contributed by atoms with Crippen LogP contribution in [0.5, 0.6) is 0 Å². The first-order valence-electron chi connectivity index (χ1n) is 11.5. The highest BCUT2D eigenvalue weighted by Gasteiger charge is 2.39. The van der Waals surface area contributed by atoms with Crippen LogP contribution in [0.25, 0.3) is 11.0 Å². The Kier molecular flexibility index (Phi) is 10.6. The number of aromatic nitrogens is 2. The van der Waals surface area contributed by atoms with E-state index in [-0.39, 0.29) is 0 Å². The predicted molar refractivity (Wildman–Crippen MR) is 118 cm³/mol. The minimum atomic E-state index is -5.08. The van der Waals surface area contributed by atoms with Gasteiger partial charge in [-0.1, -0.05) is 31.4 Å². The average molecular weight is 525 g/mol. The molecular formula is C23H29F6N3O4. The third-order valence-corrected chi connectivity index (χ3v) is 6.26. The molecule has 2 atom stereocenters. The largest absolute Gasteiger partial charge is 0.490 e. The molecule has 36 heavy (non-hydrogen) atoms. The molecule has 1 aliphatic heterocycles. The number of piperidine rings is 1. The summed E-state index contributed by atoms with van der Waals surface area (Å²) < 4.78 is 65.8. The zero-order valence-corrected chi connectivity index (χ0v) is 19.4. The second-order valence-corrected chi connectivity index (χ2v) is 8.78. The van der Waals surface area contributed by atoms with Gasteiger partial charge < -0.3 is 19.7 Å². The van der Waals surface area contributed by atoms with Crippen LogP contribution in [-0.4, -0.2) is 68.6 Å². The molecule has 4 rings (SSSR count). The first-order chi connectivity index (χ1) is 16.8. The van der Waals surface area contributed by atoms with E-state index >= 15 is 0 Å². The van der Waals surface area contributed by atoms with Crippen LogP contribution in [-0.2, 0) is 16.1 Å². The van der Waals surface area contributed by atoms with E-state index in [2.05, 4.69) is 38.7 Å². The van der Waals surface area contributed by atoms with Gasteiger partial charge in [0.25, 0.3) is 0 Å². The van der Waals surface area contributed by atoms with Crippen LogP contribution in [0.3, 0.4) is 0 Å². The Balaban J connectivity index is 0.000000271. The lowest BCUT2D eigenvalue weighted by atomic mass is 9.75. The molecule has 1 saturated heterocycles. The number of carboxylic acid groups (broad SMARTS) is 2. The van der Waals surface area contributed by atoms with E-state index in [9.17, 15) is 26.3 Å². The van der Waals surface area contributed by atoms with Gasteiger partial charge >= 0.3 is 24.3 Å². The molecule has 2 fully saturated rings. The Bertz CT molecular complexity index is 968. The summed E-state index contributed by atoms with van der Waals surface area (Å²) in [6, 6.07) is 8.44. The van der Waals surface area contributed by atoms with Crippen molar-refractivity contribution in [1.82, 2.24) is 14.5 Å². The maximum absolute atomic E-state index is 10.6. The Morgan fingerprint density at radius 2 is 1.44 bits per heavy atom. The van der Waals surface area contributed by atoms with E-state index in [1.807, 2.05) is 6.33 Å². The smallest absolute Gasteiger partial charge is 0.475 e. The third kappa shape index (κ3) is 9.32. The number of para-hydroxylation sites is 2. The van der Waals surface area contributed by atoms with Crippen molar-refractivity contribution in [2.75, 3.05) is 19.6 Å². The van der Waals surface area contributed by atoms with Crippen molar-refractivity contribution in [2.45, 2.75) is 57.4 Å². The minimum absolute atomic E-state index is 0.997. The summed E-state index contributed by atoms with van der Waals surface area (Å²) in [5.41, 5.74) is 2.39. The molecule has 0 amide bonds. The molecule has 2 heterocycles. The predicted octanol–water partition coefficient (Wildman–Crippen LogP) is 5.21. The van der Waals surface area contributed by atoms with Crippen molar-refractivity contribution in [3.8, 4) is 0 Å². The summed E-state index contributed by atoms with van der Waals surface area (Å²) >= 11 is 0. The van der Waals surface area contributed by atoms with E-state index in [0.29, 0.717) is 0 Å². The number of halogens is 6. The summed E-state index contributed by atoms with van der Waals surface area (Å²) in [4.78, 5) is 25.0. The van der Waals surface area contributed by atoms with Gasteiger partial charge in [-0.15, -0.1) is 0 Å². The highest BCUT2D eigenvalue weighted by Crippen LogP contribution is 2.36. The number of rotatable bonds is 4. The summed E-state index contributed by atoms with van der Waals surface area (Å²) in [5, 5.41) is 14.2. The van der Waals surface area contributed by atoms with Gasteiger partial charge in [0, 0.05) is 13.1 Å². The number of fused-ring (bicyclic) bond motifs is 2. The number of carbonyl (C=O) groups is 2. The van der Waals surface area contributed by atoms with Crippen molar-refractivity contribution < 1.29 is 46.1 Å². The second kappa shape index (κ2) is 12.9. The van der Waals surface area contributed by atoms with Gasteiger partial charge in [0.1, 0.15) is 0 Å². The van der Waals surface area contributed by atoms with Crippen LogP contribution >= 0.6 is 0 Å². The van der Waals surface area contributed by atoms with Crippen molar-refractivity contribution in [3.05, 3.63) is 30.6 Å². The number of nitrogens with zero attached hydrogens (tertiary/aromatic N) is 3. The lowest BCUT2D eigenvalue weighted by Gasteiger charge is -2.41. The van der Waals surface area contributed by atoms with Crippen LogP contribution in [0.1, 0.15) is 38.5 Å². The molecule has 7 nitrogen and oxygen atoms in total. The Hall–Kier alpha value is -2.83. The summed E-state index contributed by atoms with van der Waals surface area (Å²) in [6.45, 7) is 5.02. The number of aliphatic carboxylic acids is 2. The Morgan fingerprint density at radius 1 is 0.889 bits per heavy atom. The van der Waals surface area contributed by atoms with Gasteiger partial charge in [0.05, 0.1) is 17.4 Å². The van der Waals surface area contributed by atoms with Crippen molar-refractivity contribution >= 4 is 23.0 Å². The fraction of sp³-hybridized carbons (Fsp3) is 0.609. The van der Waals surface area contributed by atoms with Crippen molar-refractivity contribution in [2.24, 2.45) is 11.8 Å². The highest BCUT2D eigenvalue weighted by molar-refractivity contribution is 5.75. The molecule has 0 bridgehead atoms. The molecule has 2 N–H and O–H groups in total. The zero-order chi connectivity index (χ0) is 26.9. The molecule has 202 valence electrons. The number of carboxylic acids is 2. The summed E-state index contributed by atoms with van der Waals surface area (Å²) in [7, 11) is 0. The maximum Gasteiger partial charge on any atom is 0.490 e. The summed E-state index contributed by atoms with van der Waals surface area (Å²) in [6.07, 6.45) is 0.437. The van der Waals surface area contributed by atoms with Crippen LogP contribution in [0.4, 0.5) is 26.3 Å². The number of benzene rings is 1. The quantitative estimate of drug-likeness (QED) is 0.533. The second-order valence-electron chi connectivity index (χ2n) is 8.78.